The van der Waals surface area contributed by atoms with Crippen LogP contribution in [0.25, 0.3) is 0 Å². The topological polar surface area (TPSA) is 58.4 Å². The highest BCUT2D eigenvalue weighted by Crippen LogP contribution is 2.38. The average Bonchev–Trinajstić information content (AvgIpc) is 3.37. The first-order valence-electron chi connectivity index (χ1n) is 11.1. The van der Waals surface area contributed by atoms with Crippen molar-refractivity contribution in [3.05, 3.63) is 47.0 Å². The van der Waals surface area contributed by atoms with Gasteiger partial charge < -0.3 is 9.47 Å². The molecule has 0 N–H and O–H groups in total. The van der Waals surface area contributed by atoms with Crippen LogP contribution in [0, 0.1) is 5.92 Å². The number of hydrogen-bond donors (Lipinski definition) is 0. The van der Waals surface area contributed by atoms with Crippen molar-refractivity contribution in [3.8, 4) is 0 Å². The van der Waals surface area contributed by atoms with E-state index in [-0.39, 0.29) is 13.1 Å². The van der Waals surface area contributed by atoms with E-state index >= 15 is 0 Å². The Labute approximate surface area is 197 Å². The molecule has 2 aromatic rings. The molecule has 4 rings (SSSR count). The number of rotatable bonds is 6. The van der Waals surface area contributed by atoms with Crippen LogP contribution in [0.2, 0.25) is 5.02 Å². The minimum Gasteiger partial charge on any atom is -0.361 e. The number of nitrogens with zero attached hydrogens (tertiary/aromatic N) is 4. The maximum absolute atomic E-state index is 13.5. The van der Waals surface area contributed by atoms with Gasteiger partial charge in [0.05, 0.1) is 18.6 Å². The van der Waals surface area contributed by atoms with E-state index in [2.05, 4.69) is 4.98 Å². The van der Waals surface area contributed by atoms with Gasteiger partial charge in [0.1, 0.15) is 0 Å². The van der Waals surface area contributed by atoms with Crippen LogP contribution < -0.4 is 4.90 Å². The Morgan fingerprint density at radius 2 is 1.91 bits per heavy atom. The molecule has 1 atom stereocenters. The standard InChI is InChI=1S/C22H28ClF3N4O2S/c1-28-12-19(27-15-28)13-30-20(9-6-16-4-2-3-5-16)14-29(33(31,32)22(24,25)26)11-17-7-8-18(23)10-21(17)30/h7-8,10,12,15-16,20H,2-6,9,11,13-14H2,1H3/t20-/m1/s1. The molecule has 2 heterocycles. The summed E-state index contributed by atoms with van der Waals surface area (Å²) >= 11 is 6.27. The summed E-state index contributed by atoms with van der Waals surface area (Å²) in [4.78, 5) is 6.38. The Morgan fingerprint density at radius 3 is 2.55 bits per heavy atom. The molecule has 11 heteroatoms. The number of benzene rings is 1. The van der Waals surface area contributed by atoms with Crippen molar-refractivity contribution in [3.63, 3.8) is 0 Å². The predicted molar refractivity (Wildman–Crippen MR) is 121 cm³/mol. The van der Waals surface area contributed by atoms with E-state index < -0.39 is 21.6 Å². The Bertz CT molecular complexity index is 1080. The number of aromatic nitrogens is 2. The highest BCUT2D eigenvalue weighted by atomic mass is 35.5. The van der Waals surface area contributed by atoms with Crippen molar-refractivity contribution in [1.82, 2.24) is 13.9 Å². The van der Waals surface area contributed by atoms with Crippen molar-refractivity contribution in [1.29, 1.82) is 0 Å². The number of imidazole rings is 1. The van der Waals surface area contributed by atoms with Crippen LogP contribution in [0.15, 0.2) is 30.7 Å². The lowest BCUT2D eigenvalue weighted by Crippen LogP contribution is -2.47. The van der Waals surface area contributed by atoms with Crippen LogP contribution >= 0.6 is 11.6 Å². The van der Waals surface area contributed by atoms with Gasteiger partial charge in [-0.25, -0.2) is 13.4 Å². The SMILES string of the molecule is Cn1cnc(CN2c3cc(Cl)ccc3CN(S(=O)(=O)C(F)(F)F)C[C@H]2CCC2CCCC2)c1. The van der Waals surface area contributed by atoms with Gasteiger partial charge >= 0.3 is 15.5 Å². The molecule has 6 nitrogen and oxygen atoms in total. The van der Waals surface area contributed by atoms with Gasteiger partial charge in [-0.3, -0.25) is 0 Å². The largest absolute Gasteiger partial charge is 0.511 e. The average molecular weight is 505 g/mol. The molecular formula is C22H28ClF3N4O2S. The molecule has 0 amide bonds. The third-order valence-corrected chi connectivity index (χ3v) is 8.44. The monoisotopic (exact) mass is 504 g/mol. The summed E-state index contributed by atoms with van der Waals surface area (Å²) in [5, 5.41) is 0.446. The Kier molecular flexibility index (Phi) is 6.98. The van der Waals surface area contributed by atoms with Gasteiger partial charge in [0.2, 0.25) is 0 Å². The van der Waals surface area contributed by atoms with Crippen LogP contribution in [0.3, 0.4) is 0 Å². The molecule has 1 aliphatic heterocycles. The zero-order valence-electron chi connectivity index (χ0n) is 18.4. The van der Waals surface area contributed by atoms with Crippen LogP contribution in [0.1, 0.15) is 49.8 Å². The van der Waals surface area contributed by atoms with E-state index in [1.165, 1.54) is 12.8 Å². The zero-order valence-corrected chi connectivity index (χ0v) is 20.0. The number of hydrogen-bond acceptors (Lipinski definition) is 4. The molecule has 182 valence electrons. The zero-order chi connectivity index (χ0) is 23.8. The van der Waals surface area contributed by atoms with Gasteiger partial charge in [0.15, 0.2) is 0 Å². The normalized spacial score (nSPS) is 20.8. The van der Waals surface area contributed by atoms with Crippen molar-refractivity contribution < 1.29 is 21.6 Å². The number of sulfonamides is 1. The molecule has 1 aromatic heterocycles. The minimum atomic E-state index is -5.48. The quantitative estimate of drug-likeness (QED) is 0.550. The molecule has 0 spiro atoms. The second-order valence-electron chi connectivity index (χ2n) is 9.06. The first-order valence-corrected chi connectivity index (χ1v) is 12.9. The maximum Gasteiger partial charge on any atom is 0.511 e. The molecule has 0 saturated heterocycles. The third kappa shape index (κ3) is 5.33. The molecule has 0 unspecified atom stereocenters. The molecule has 1 saturated carbocycles. The summed E-state index contributed by atoms with van der Waals surface area (Å²) in [6.07, 6.45) is 9.51. The molecule has 1 aromatic carbocycles. The highest BCUT2D eigenvalue weighted by molar-refractivity contribution is 7.89. The van der Waals surface area contributed by atoms with Crippen LogP contribution in [0.5, 0.6) is 0 Å². The summed E-state index contributed by atoms with van der Waals surface area (Å²) < 4.78 is 67.8. The highest BCUT2D eigenvalue weighted by Gasteiger charge is 2.51. The first-order chi connectivity index (χ1) is 15.5. The van der Waals surface area contributed by atoms with Gasteiger partial charge in [0.25, 0.3) is 0 Å². The number of aryl methyl sites for hydroxylation is 1. The second-order valence-corrected chi connectivity index (χ2v) is 11.4. The van der Waals surface area contributed by atoms with Crippen molar-refractivity contribution >= 4 is 27.3 Å². The predicted octanol–water partition coefficient (Wildman–Crippen LogP) is 5.08. The van der Waals surface area contributed by atoms with E-state index in [0.717, 1.165) is 25.0 Å². The Hall–Kier alpha value is -1.78. The van der Waals surface area contributed by atoms with E-state index in [1.54, 1.807) is 29.1 Å². The van der Waals surface area contributed by atoms with Gasteiger partial charge in [0, 0.05) is 43.1 Å². The van der Waals surface area contributed by atoms with Crippen LogP contribution in [-0.4, -0.2) is 40.4 Å². The van der Waals surface area contributed by atoms with Crippen LogP contribution in [-0.2, 0) is 30.2 Å². The molecule has 1 fully saturated rings. The van der Waals surface area contributed by atoms with E-state index in [0.29, 0.717) is 39.5 Å². The summed E-state index contributed by atoms with van der Waals surface area (Å²) in [6.45, 7) is -0.246. The number of alkyl halides is 3. The van der Waals surface area contributed by atoms with Gasteiger partial charge in [-0.15, -0.1) is 0 Å². The molecule has 1 aliphatic carbocycles. The molecule has 0 bridgehead atoms. The number of halogens is 4. The lowest BCUT2D eigenvalue weighted by Gasteiger charge is -2.34. The maximum atomic E-state index is 13.5. The summed E-state index contributed by atoms with van der Waals surface area (Å²) in [7, 11) is -3.64. The van der Waals surface area contributed by atoms with Crippen molar-refractivity contribution in [2.75, 3.05) is 11.4 Å². The minimum absolute atomic E-state index is 0.242. The van der Waals surface area contributed by atoms with Crippen molar-refractivity contribution in [2.45, 2.75) is 63.2 Å². The van der Waals surface area contributed by atoms with Gasteiger partial charge in [-0.05, 0) is 36.5 Å². The van der Waals surface area contributed by atoms with Crippen molar-refractivity contribution in [2.24, 2.45) is 13.0 Å². The fourth-order valence-electron chi connectivity index (χ4n) is 4.96. The van der Waals surface area contributed by atoms with Gasteiger partial charge in [-0.2, -0.15) is 17.5 Å². The summed E-state index contributed by atoms with van der Waals surface area (Å²) in [6, 6.07) is 4.47. The van der Waals surface area contributed by atoms with E-state index in [4.69, 9.17) is 11.6 Å². The lowest BCUT2D eigenvalue weighted by atomic mass is 9.97. The second kappa shape index (κ2) is 9.46. The smallest absolute Gasteiger partial charge is 0.361 e. The first kappa shape index (κ1) is 24.3. The molecule has 33 heavy (non-hydrogen) atoms. The fraction of sp³-hybridized carbons (Fsp3) is 0.591. The fourth-order valence-corrected chi connectivity index (χ4v) is 6.10. The van der Waals surface area contributed by atoms with E-state index in [1.807, 2.05) is 18.1 Å². The van der Waals surface area contributed by atoms with Gasteiger partial charge in [-0.1, -0.05) is 43.4 Å². The number of anilines is 1. The van der Waals surface area contributed by atoms with Crippen LogP contribution in [0.4, 0.5) is 18.9 Å². The summed E-state index contributed by atoms with van der Waals surface area (Å²) in [5.74, 6) is 0.524. The Balaban J connectivity index is 1.74. The molecule has 2 aliphatic rings. The lowest BCUT2D eigenvalue weighted by molar-refractivity contribution is -0.0492. The van der Waals surface area contributed by atoms with E-state index in [9.17, 15) is 21.6 Å². The molecular weight excluding hydrogens is 477 g/mol. The molecule has 0 radical (unpaired) electrons. The Morgan fingerprint density at radius 1 is 1.18 bits per heavy atom. The third-order valence-electron chi connectivity index (χ3n) is 6.66. The summed E-state index contributed by atoms with van der Waals surface area (Å²) in [5.41, 5.74) is -3.46. The number of fused-ring (bicyclic) bond motifs is 1.